The average molecular weight is 359 g/mol. The number of carbonyl (C=O) groups is 1. The third kappa shape index (κ3) is 5.56. The second-order valence-corrected chi connectivity index (χ2v) is 6.68. The van der Waals surface area contributed by atoms with E-state index in [4.69, 9.17) is 16.3 Å². The number of amides is 1. The van der Waals surface area contributed by atoms with Gasteiger partial charge < -0.3 is 10.1 Å². The van der Waals surface area contributed by atoms with Crippen molar-refractivity contribution in [3.05, 3.63) is 70.7 Å². The summed E-state index contributed by atoms with van der Waals surface area (Å²) in [6, 6.07) is 17.5. The molecule has 2 aromatic carbocycles. The van der Waals surface area contributed by atoms with Crippen molar-refractivity contribution in [2.75, 3.05) is 32.8 Å². The van der Waals surface area contributed by atoms with E-state index in [1.54, 1.807) is 0 Å². The van der Waals surface area contributed by atoms with Gasteiger partial charge in [-0.05, 0) is 23.3 Å². The lowest BCUT2D eigenvalue weighted by atomic mass is 10.1. The van der Waals surface area contributed by atoms with Crippen LogP contribution in [0.15, 0.2) is 54.6 Å². The fourth-order valence-corrected chi connectivity index (χ4v) is 3.12. The summed E-state index contributed by atoms with van der Waals surface area (Å²) < 4.78 is 5.42. The zero-order chi connectivity index (χ0) is 17.5. The summed E-state index contributed by atoms with van der Waals surface area (Å²) in [7, 11) is 0. The van der Waals surface area contributed by atoms with Crippen molar-refractivity contribution in [2.24, 2.45) is 0 Å². The lowest BCUT2D eigenvalue weighted by Gasteiger charge is -2.31. The highest BCUT2D eigenvalue weighted by Gasteiger charge is 2.20. The zero-order valence-corrected chi connectivity index (χ0v) is 14.9. The minimum absolute atomic E-state index is 0.0180. The molecule has 0 radical (unpaired) electrons. The Kier molecular flexibility index (Phi) is 6.45. The van der Waals surface area contributed by atoms with E-state index in [0.717, 1.165) is 44.0 Å². The molecule has 1 saturated heterocycles. The highest BCUT2D eigenvalue weighted by molar-refractivity contribution is 6.30. The normalized spacial score (nSPS) is 16.4. The maximum Gasteiger partial charge on any atom is 0.224 e. The lowest BCUT2D eigenvalue weighted by molar-refractivity contribution is -0.121. The zero-order valence-electron chi connectivity index (χ0n) is 14.2. The second-order valence-electron chi connectivity index (χ2n) is 6.25. The number of hydrogen-bond acceptors (Lipinski definition) is 3. The van der Waals surface area contributed by atoms with Crippen LogP contribution < -0.4 is 5.32 Å². The second kappa shape index (κ2) is 8.99. The molecule has 0 aromatic heterocycles. The van der Waals surface area contributed by atoms with Crippen LogP contribution in [0.25, 0.3) is 0 Å². The van der Waals surface area contributed by atoms with Crippen LogP contribution in [0.1, 0.15) is 17.2 Å². The van der Waals surface area contributed by atoms with Gasteiger partial charge in [-0.3, -0.25) is 9.69 Å². The molecule has 0 aliphatic carbocycles. The minimum atomic E-state index is -0.0286. The Morgan fingerprint density at radius 2 is 1.76 bits per heavy atom. The number of rotatable bonds is 6. The molecular formula is C20H23ClN2O2. The molecule has 1 fully saturated rings. The van der Waals surface area contributed by atoms with Gasteiger partial charge in [0.15, 0.2) is 0 Å². The quantitative estimate of drug-likeness (QED) is 0.862. The Bertz CT molecular complexity index is 670. The predicted molar refractivity (Wildman–Crippen MR) is 99.7 cm³/mol. The van der Waals surface area contributed by atoms with Crippen molar-refractivity contribution in [3.8, 4) is 0 Å². The first-order valence-corrected chi connectivity index (χ1v) is 8.97. The summed E-state index contributed by atoms with van der Waals surface area (Å²) in [5.41, 5.74) is 2.08. The summed E-state index contributed by atoms with van der Waals surface area (Å²) in [4.78, 5) is 14.9. The fraction of sp³-hybridized carbons (Fsp3) is 0.350. The van der Waals surface area contributed by atoms with Crippen LogP contribution in [0.3, 0.4) is 0 Å². The molecule has 1 amide bonds. The van der Waals surface area contributed by atoms with E-state index in [0.29, 0.717) is 11.4 Å². The van der Waals surface area contributed by atoms with E-state index >= 15 is 0 Å². The number of halogens is 1. The minimum Gasteiger partial charge on any atom is -0.379 e. The summed E-state index contributed by atoms with van der Waals surface area (Å²) >= 11 is 5.90. The van der Waals surface area contributed by atoms with Gasteiger partial charge in [0.05, 0.1) is 25.7 Å². The molecular weight excluding hydrogens is 336 g/mol. The summed E-state index contributed by atoms with van der Waals surface area (Å²) in [6.07, 6.45) is 0.351. The Hall–Kier alpha value is -1.88. The Labute approximate surface area is 153 Å². The van der Waals surface area contributed by atoms with Crippen molar-refractivity contribution in [1.82, 2.24) is 10.2 Å². The maximum atomic E-state index is 12.5. The summed E-state index contributed by atoms with van der Waals surface area (Å²) in [5.74, 6) is 0.0180. The molecule has 0 saturated carbocycles. The molecule has 0 bridgehead atoms. The predicted octanol–water partition coefficient (Wildman–Crippen LogP) is 3.07. The number of morpholine rings is 1. The molecule has 1 atom stereocenters. The highest BCUT2D eigenvalue weighted by Crippen LogP contribution is 2.16. The monoisotopic (exact) mass is 358 g/mol. The largest absolute Gasteiger partial charge is 0.379 e. The van der Waals surface area contributed by atoms with Crippen LogP contribution in [-0.4, -0.2) is 43.7 Å². The van der Waals surface area contributed by atoms with Gasteiger partial charge in [-0.25, -0.2) is 0 Å². The molecule has 1 N–H and O–H groups in total. The van der Waals surface area contributed by atoms with Crippen molar-refractivity contribution in [2.45, 2.75) is 12.5 Å². The van der Waals surface area contributed by atoms with Gasteiger partial charge in [0.2, 0.25) is 5.91 Å². The van der Waals surface area contributed by atoms with Crippen LogP contribution in [-0.2, 0) is 16.0 Å². The number of nitrogens with zero attached hydrogens (tertiary/aromatic N) is 1. The van der Waals surface area contributed by atoms with Crippen molar-refractivity contribution >= 4 is 17.5 Å². The molecule has 2 aromatic rings. The van der Waals surface area contributed by atoms with Crippen LogP contribution in [0.4, 0.5) is 0 Å². The summed E-state index contributed by atoms with van der Waals surface area (Å²) in [6.45, 7) is 4.09. The molecule has 0 unspecified atom stereocenters. The Morgan fingerprint density at radius 1 is 1.08 bits per heavy atom. The smallest absolute Gasteiger partial charge is 0.224 e. The van der Waals surface area contributed by atoms with Crippen LogP contribution in [0, 0.1) is 0 Å². The Morgan fingerprint density at radius 3 is 2.44 bits per heavy atom. The molecule has 132 valence electrons. The number of nitrogens with one attached hydrogen (secondary N) is 1. The van der Waals surface area contributed by atoms with E-state index < -0.39 is 0 Å². The number of hydrogen-bond donors (Lipinski definition) is 1. The third-order valence-corrected chi connectivity index (χ3v) is 4.61. The first kappa shape index (κ1) is 17.9. The molecule has 3 rings (SSSR count). The maximum absolute atomic E-state index is 12.5. The summed E-state index contributed by atoms with van der Waals surface area (Å²) in [5, 5.41) is 3.87. The van der Waals surface area contributed by atoms with Gasteiger partial charge in [0.1, 0.15) is 0 Å². The number of benzene rings is 2. The van der Waals surface area contributed by atoms with Crippen molar-refractivity contribution < 1.29 is 9.53 Å². The van der Waals surface area contributed by atoms with E-state index in [1.165, 1.54) is 0 Å². The van der Waals surface area contributed by atoms with Gasteiger partial charge in [-0.2, -0.15) is 0 Å². The van der Waals surface area contributed by atoms with E-state index in [-0.39, 0.29) is 11.9 Å². The standard InChI is InChI=1S/C20H23ClN2O2/c21-18-8-6-16(7-9-18)14-20(24)22-19(17-4-2-1-3-5-17)15-23-10-12-25-13-11-23/h1-9,19H,10-15H2,(H,22,24)/t19-/m1/s1. The van der Waals surface area contributed by atoms with Crippen LogP contribution >= 0.6 is 11.6 Å². The molecule has 1 aliphatic rings. The number of ether oxygens (including phenoxy) is 1. The first-order valence-electron chi connectivity index (χ1n) is 8.59. The highest BCUT2D eigenvalue weighted by atomic mass is 35.5. The topological polar surface area (TPSA) is 41.6 Å². The van der Waals surface area contributed by atoms with E-state index in [2.05, 4.69) is 22.3 Å². The molecule has 1 heterocycles. The molecule has 4 nitrogen and oxygen atoms in total. The SMILES string of the molecule is O=C(Cc1ccc(Cl)cc1)N[C@H](CN1CCOCC1)c1ccccc1. The molecule has 25 heavy (non-hydrogen) atoms. The van der Waals surface area contributed by atoms with Crippen LogP contribution in [0.2, 0.25) is 5.02 Å². The molecule has 1 aliphatic heterocycles. The Balaban J connectivity index is 1.65. The van der Waals surface area contributed by atoms with Gasteiger partial charge in [0, 0.05) is 24.7 Å². The fourth-order valence-electron chi connectivity index (χ4n) is 2.99. The van der Waals surface area contributed by atoms with Gasteiger partial charge in [0.25, 0.3) is 0 Å². The molecule has 5 heteroatoms. The van der Waals surface area contributed by atoms with Gasteiger partial charge in [-0.1, -0.05) is 54.1 Å². The molecule has 0 spiro atoms. The van der Waals surface area contributed by atoms with Crippen LogP contribution in [0.5, 0.6) is 0 Å². The lowest BCUT2D eigenvalue weighted by Crippen LogP contribution is -2.43. The van der Waals surface area contributed by atoms with Gasteiger partial charge in [-0.15, -0.1) is 0 Å². The van der Waals surface area contributed by atoms with E-state index in [9.17, 15) is 4.79 Å². The van der Waals surface area contributed by atoms with Crippen molar-refractivity contribution in [1.29, 1.82) is 0 Å². The average Bonchev–Trinajstić information content (AvgIpc) is 2.65. The third-order valence-electron chi connectivity index (χ3n) is 4.36. The first-order chi connectivity index (χ1) is 12.2. The number of carbonyl (C=O) groups excluding carboxylic acids is 1. The van der Waals surface area contributed by atoms with E-state index in [1.807, 2.05) is 42.5 Å². The van der Waals surface area contributed by atoms with Crippen molar-refractivity contribution in [3.63, 3.8) is 0 Å². The van der Waals surface area contributed by atoms with Gasteiger partial charge >= 0.3 is 0 Å².